The Bertz CT molecular complexity index is 470. The van der Waals surface area contributed by atoms with Crippen molar-refractivity contribution in [2.24, 2.45) is 0 Å². The summed E-state index contributed by atoms with van der Waals surface area (Å²) in [5.41, 5.74) is 1.07. The molecule has 3 N–H and O–H groups in total. The maximum atomic E-state index is 12.0. The van der Waals surface area contributed by atoms with Crippen LogP contribution in [-0.2, 0) is 4.79 Å². The fraction of sp³-hybridized carbons (Fsp3) is 0.429. The van der Waals surface area contributed by atoms with Crippen LogP contribution in [0.5, 0.6) is 0 Å². The number of likely N-dealkylation sites (N-methyl/N-ethyl adjacent to an activating group) is 1. The van der Waals surface area contributed by atoms with E-state index in [-0.39, 0.29) is 18.4 Å². The summed E-state index contributed by atoms with van der Waals surface area (Å²) in [5.74, 6) is -0.268. The molecule has 0 aromatic heterocycles. The van der Waals surface area contributed by atoms with E-state index in [1.165, 1.54) is 0 Å². The molecule has 0 atom stereocenters. The van der Waals surface area contributed by atoms with Crippen molar-refractivity contribution in [1.29, 1.82) is 0 Å². The molecule has 1 fully saturated rings. The smallest absolute Gasteiger partial charge is 0.253 e. The molecule has 0 saturated heterocycles. The van der Waals surface area contributed by atoms with E-state index in [0.717, 1.165) is 19.4 Å². The summed E-state index contributed by atoms with van der Waals surface area (Å²) in [6.45, 7) is 2.91. The largest absolute Gasteiger partial charge is 0.349 e. The molecule has 1 aromatic carbocycles. The number of hydrogen-bond donors (Lipinski definition) is 3. The molecule has 5 nitrogen and oxygen atoms in total. The van der Waals surface area contributed by atoms with Gasteiger partial charge in [0.25, 0.3) is 5.91 Å². The Morgan fingerprint density at radius 1 is 1.26 bits per heavy atom. The van der Waals surface area contributed by atoms with E-state index in [1.807, 2.05) is 6.92 Å². The van der Waals surface area contributed by atoms with Crippen molar-refractivity contribution < 1.29 is 9.59 Å². The van der Waals surface area contributed by atoms with Crippen molar-refractivity contribution in [2.45, 2.75) is 25.8 Å². The normalized spacial score (nSPS) is 13.9. The van der Waals surface area contributed by atoms with Gasteiger partial charge in [0.05, 0.1) is 17.8 Å². The number of benzene rings is 1. The number of anilines is 1. The minimum absolute atomic E-state index is 0.123. The average Bonchev–Trinajstić information content (AvgIpc) is 3.21. The van der Waals surface area contributed by atoms with E-state index >= 15 is 0 Å². The summed E-state index contributed by atoms with van der Waals surface area (Å²) >= 11 is 0. The van der Waals surface area contributed by atoms with Crippen molar-refractivity contribution in [3.63, 3.8) is 0 Å². The molecule has 102 valence electrons. The van der Waals surface area contributed by atoms with Crippen LogP contribution in [0.1, 0.15) is 30.1 Å². The van der Waals surface area contributed by atoms with Gasteiger partial charge in [-0.05, 0) is 31.5 Å². The molecule has 19 heavy (non-hydrogen) atoms. The molecule has 2 amide bonds. The second kappa shape index (κ2) is 6.33. The molecule has 0 spiro atoms. The molecule has 0 bridgehead atoms. The molecule has 1 aromatic rings. The monoisotopic (exact) mass is 261 g/mol. The third-order valence-electron chi connectivity index (χ3n) is 2.89. The first-order chi connectivity index (χ1) is 9.20. The van der Waals surface area contributed by atoms with Gasteiger partial charge in [-0.2, -0.15) is 0 Å². The number of carbonyl (C=O) groups is 2. The first-order valence-electron chi connectivity index (χ1n) is 6.61. The zero-order chi connectivity index (χ0) is 13.7. The summed E-state index contributed by atoms with van der Waals surface area (Å²) in [4.78, 5) is 23.7. The number of rotatable bonds is 6. The third-order valence-corrected chi connectivity index (χ3v) is 2.89. The van der Waals surface area contributed by atoms with Crippen LogP contribution in [0, 0.1) is 0 Å². The number of hydrogen-bond acceptors (Lipinski definition) is 3. The zero-order valence-corrected chi connectivity index (χ0v) is 11.0. The first kappa shape index (κ1) is 13.5. The van der Waals surface area contributed by atoms with Gasteiger partial charge in [-0.3, -0.25) is 9.59 Å². The Kier molecular flexibility index (Phi) is 4.52. The van der Waals surface area contributed by atoms with E-state index in [0.29, 0.717) is 17.3 Å². The Labute approximate surface area is 112 Å². The first-order valence-corrected chi connectivity index (χ1v) is 6.61. The molecule has 1 aliphatic rings. The van der Waals surface area contributed by atoms with Crippen LogP contribution in [0.4, 0.5) is 5.69 Å². The standard InChI is InChI=1S/C14H19N3O2/c1-2-15-9-13(18)17-12-6-4-3-5-11(12)14(19)16-10-7-8-10/h3-6,10,15H,2,7-9H2,1H3,(H,16,19)(H,17,18). The molecule has 0 radical (unpaired) electrons. The number of para-hydroxylation sites is 1. The summed E-state index contributed by atoms with van der Waals surface area (Å²) in [5, 5.41) is 8.63. The van der Waals surface area contributed by atoms with Gasteiger partial charge in [0.2, 0.25) is 5.91 Å². The predicted octanol–water partition coefficient (Wildman–Crippen LogP) is 1.13. The fourth-order valence-electron chi connectivity index (χ4n) is 1.71. The van der Waals surface area contributed by atoms with E-state index in [4.69, 9.17) is 0 Å². The van der Waals surface area contributed by atoms with Crippen molar-refractivity contribution in [3.8, 4) is 0 Å². The molecule has 0 unspecified atom stereocenters. The molecular weight excluding hydrogens is 242 g/mol. The Morgan fingerprint density at radius 3 is 2.68 bits per heavy atom. The van der Waals surface area contributed by atoms with Crippen LogP contribution in [0.3, 0.4) is 0 Å². The Balaban J connectivity index is 2.02. The summed E-state index contributed by atoms with van der Waals surface area (Å²) in [7, 11) is 0. The van der Waals surface area contributed by atoms with Crippen molar-refractivity contribution in [1.82, 2.24) is 10.6 Å². The number of amides is 2. The van der Waals surface area contributed by atoms with E-state index in [1.54, 1.807) is 24.3 Å². The lowest BCUT2D eigenvalue weighted by molar-refractivity contribution is -0.115. The van der Waals surface area contributed by atoms with Crippen molar-refractivity contribution >= 4 is 17.5 Å². The van der Waals surface area contributed by atoms with Crippen molar-refractivity contribution in [2.75, 3.05) is 18.4 Å². The van der Waals surface area contributed by atoms with Gasteiger partial charge >= 0.3 is 0 Å². The minimum Gasteiger partial charge on any atom is -0.349 e. The minimum atomic E-state index is -0.145. The van der Waals surface area contributed by atoms with Crippen LogP contribution < -0.4 is 16.0 Å². The lowest BCUT2D eigenvalue weighted by atomic mass is 10.1. The highest BCUT2D eigenvalue weighted by atomic mass is 16.2. The maximum Gasteiger partial charge on any atom is 0.253 e. The third kappa shape index (κ3) is 4.06. The van der Waals surface area contributed by atoms with Crippen LogP contribution in [0.2, 0.25) is 0 Å². The second-order valence-corrected chi connectivity index (χ2v) is 4.62. The topological polar surface area (TPSA) is 70.2 Å². The van der Waals surface area contributed by atoms with Gasteiger partial charge < -0.3 is 16.0 Å². The van der Waals surface area contributed by atoms with E-state index in [2.05, 4.69) is 16.0 Å². The highest BCUT2D eigenvalue weighted by molar-refractivity contribution is 6.04. The lowest BCUT2D eigenvalue weighted by Gasteiger charge is -2.11. The lowest BCUT2D eigenvalue weighted by Crippen LogP contribution is -2.30. The Morgan fingerprint density at radius 2 is 2.00 bits per heavy atom. The molecule has 5 heteroatoms. The molecule has 1 aliphatic carbocycles. The van der Waals surface area contributed by atoms with Crippen LogP contribution in [-0.4, -0.2) is 30.9 Å². The predicted molar refractivity (Wildman–Crippen MR) is 74.1 cm³/mol. The van der Waals surface area contributed by atoms with Gasteiger partial charge in [0, 0.05) is 6.04 Å². The second-order valence-electron chi connectivity index (χ2n) is 4.62. The fourth-order valence-corrected chi connectivity index (χ4v) is 1.71. The Hall–Kier alpha value is -1.88. The van der Waals surface area contributed by atoms with Crippen LogP contribution in [0.25, 0.3) is 0 Å². The highest BCUT2D eigenvalue weighted by Gasteiger charge is 2.24. The van der Waals surface area contributed by atoms with E-state index in [9.17, 15) is 9.59 Å². The molecular formula is C14H19N3O2. The average molecular weight is 261 g/mol. The van der Waals surface area contributed by atoms with Gasteiger partial charge in [-0.25, -0.2) is 0 Å². The zero-order valence-electron chi connectivity index (χ0n) is 11.0. The summed E-state index contributed by atoms with van der Waals surface area (Å²) in [6.07, 6.45) is 2.08. The SMILES string of the molecule is CCNCC(=O)Nc1ccccc1C(=O)NC1CC1. The maximum absolute atomic E-state index is 12.0. The molecule has 0 aliphatic heterocycles. The van der Waals surface area contributed by atoms with Gasteiger partial charge in [0.1, 0.15) is 0 Å². The van der Waals surface area contributed by atoms with Gasteiger partial charge in [-0.1, -0.05) is 19.1 Å². The number of carbonyl (C=O) groups excluding carboxylic acids is 2. The van der Waals surface area contributed by atoms with Crippen LogP contribution >= 0.6 is 0 Å². The quantitative estimate of drug-likeness (QED) is 0.719. The van der Waals surface area contributed by atoms with E-state index < -0.39 is 0 Å². The van der Waals surface area contributed by atoms with Crippen LogP contribution in [0.15, 0.2) is 24.3 Å². The summed E-state index contributed by atoms with van der Waals surface area (Å²) in [6, 6.07) is 7.36. The number of nitrogens with one attached hydrogen (secondary N) is 3. The molecule has 1 saturated carbocycles. The van der Waals surface area contributed by atoms with Crippen molar-refractivity contribution in [3.05, 3.63) is 29.8 Å². The van der Waals surface area contributed by atoms with Gasteiger partial charge in [-0.15, -0.1) is 0 Å². The molecule has 2 rings (SSSR count). The van der Waals surface area contributed by atoms with Gasteiger partial charge in [0.15, 0.2) is 0 Å². The summed E-state index contributed by atoms with van der Waals surface area (Å²) < 4.78 is 0. The highest BCUT2D eigenvalue weighted by Crippen LogP contribution is 2.21. The molecule has 0 heterocycles.